The number of nitrogens with zero attached hydrogens (tertiary/aromatic N) is 1. The fourth-order valence-corrected chi connectivity index (χ4v) is 2.11. The Morgan fingerprint density at radius 2 is 1.03 bits per heavy atom. The van der Waals surface area contributed by atoms with Gasteiger partial charge in [0.25, 0.3) is 0 Å². The van der Waals surface area contributed by atoms with E-state index in [1.54, 1.807) is 0 Å². The van der Waals surface area contributed by atoms with Crippen LogP contribution in [0.15, 0.2) is 18.3 Å². The molecule has 0 fully saturated rings. The second-order valence-electron chi connectivity index (χ2n) is 6.69. The molecule has 0 spiro atoms. The van der Waals surface area contributed by atoms with E-state index in [2.05, 4.69) is 4.98 Å². The molecule has 0 atom stereocenters. The highest BCUT2D eigenvalue weighted by Crippen LogP contribution is 2.63. The van der Waals surface area contributed by atoms with Gasteiger partial charge in [-0.25, -0.2) is 4.98 Å². The molecule has 0 saturated carbocycles. The predicted octanol–water partition coefficient (Wildman–Crippen LogP) is 6.34. The highest BCUT2D eigenvalue weighted by molar-refractivity contribution is 5.96. The van der Waals surface area contributed by atoms with Gasteiger partial charge in [-0.2, -0.15) is 74.6 Å². The number of rotatable bonds is 8. The van der Waals surface area contributed by atoms with Crippen LogP contribution < -0.4 is 5.32 Å². The van der Waals surface area contributed by atoms with E-state index >= 15 is 0 Å². The number of aromatic nitrogens is 1. The van der Waals surface area contributed by atoms with Crippen molar-refractivity contribution in [1.82, 2.24) is 4.98 Å². The normalized spacial score (nSPS) is 15.3. The van der Waals surface area contributed by atoms with Crippen LogP contribution in [0.5, 0.6) is 0 Å². The van der Waals surface area contributed by atoms with Gasteiger partial charge in [-0.1, -0.05) is 0 Å². The molecule has 0 aromatic carbocycles. The van der Waals surface area contributed by atoms with Crippen LogP contribution in [0, 0.1) is 6.92 Å². The van der Waals surface area contributed by atoms with E-state index in [4.69, 9.17) is 0 Å². The van der Waals surface area contributed by atoms with Crippen molar-refractivity contribution in [2.24, 2.45) is 0 Å². The summed E-state index contributed by atoms with van der Waals surface area (Å²) in [5.74, 6) is -62.9. The second-order valence-corrected chi connectivity index (χ2v) is 6.69. The Morgan fingerprint density at radius 1 is 0.657 bits per heavy atom. The highest BCUT2D eigenvalue weighted by atomic mass is 19.4. The zero-order valence-electron chi connectivity index (χ0n) is 16.0. The molecule has 202 valence electrons. The van der Waals surface area contributed by atoms with Crippen LogP contribution in [0.4, 0.5) is 80.5 Å². The minimum atomic E-state index is -8.75. The summed E-state index contributed by atoms with van der Waals surface area (Å²) in [5, 5.41) is 0.703. The van der Waals surface area contributed by atoms with E-state index in [-0.39, 0.29) is 5.56 Å². The van der Waals surface area contributed by atoms with E-state index in [0.717, 1.165) is 13.0 Å². The molecule has 1 aromatic rings. The number of alkyl halides is 17. The molecule has 0 radical (unpaired) electrons. The van der Waals surface area contributed by atoms with Crippen molar-refractivity contribution in [1.29, 1.82) is 0 Å². The summed E-state index contributed by atoms with van der Waals surface area (Å²) in [4.78, 5) is 14.4. The van der Waals surface area contributed by atoms with Gasteiger partial charge in [0, 0.05) is 6.20 Å². The first-order chi connectivity index (χ1) is 15.1. The third-order valence-electron chi connectivity index (χ3n) is 4.16. The third-order valence-corrected chi connectivity index (χ3v) is 4.16. The quantitative estimate of drug-likeness (QED) is 0.382. The lowest BCUT2D eigenvalue weighted by molar-refractivity contribution is -0.459. The molecule has 0 aliphatic carbocycles. The standard InChI is InChI=1S/C15H7F17N2O/c1-5-2-3-33-6(4-5)34-7(35)8(16,17)9(18,19)10(20,21)11(22,23)12(24,25)13(26,27)14(28,29)15(30,31)32/h2-4H,1H3,(H,33,34,35). The smallest absolute Gasteiger partial charge is 0.305 e. The number of carbonyl (C=O) groups is 1. The van der Waals surface area contributed by atoms with E-state index in [0.29, 0.717) is 17.6 Å². The number of nitrogens with one attached hydrogen (secondary N) is 1. The molecule has 0 bridgehead atoms. The van der Waals surface area contributed by atoms with Crippen LogP contribution in [0.25, 0.3) is 0 Å². The van der Waals surface area contributed by atoms with Crippen molar-refractivity contribution in [2.45, 2.75) is 54.6 Å². The van der Waals surface area contributed by atoms with Crippen molar-refractivity contribution in [3.8, 4) is 0 Å². The number of carbonyl (C=O) groups excluding carboxylic acids is 1. The van der Waals surface area contributed by atoms with Crippen LogP contribution in [0.2, 0.25) is 0 Å². The number of hydrogen-bond donors (Lipinski definition) is 1. The van der Waals surface area contributed by atoms with Gasteiger partial charge in [0.15, 0.2) is 0 Å². The average molecular weight is 554 g/mol. The van der Waals surface area contributed by atoms with Crippen LogP contribution >= 0.6 is 0 Å². The van der Waals surface area contributed by atoms with Crippen LogP contribution in [-0.4, -0.2) is 58.5 Å². The maximum absolute atomic E-state index is 13.8. The molecule has 1 amide bonds. The van der Waals surface area contributed by atoms with Crippen molar-refractivity contribution < 1.29 is 79.4 Å². The van der Waals surface area contributed by atoms with Crippen molar-refractivity contribution >= 4 is 11.7 Å². The van der Waals surface area contributed by atoms with Gasteiger partial charge in [0.1, 0.15) is 5.82 Å². The summed E-state index contributed by atoms with van der Waals surface area (Å²) in [6.45, 7) is 1.16. The zero-order valence-corrected chi connectivity index (χ0v) is 16.0. The molecule has 1 rings (SSSR count). The van der Waals surface area contributed by atoms with E-state index in [1.165, 1.54) is 0 Å². The van der Waals surface area contributed by atoms with E-state index < -0.39 is 59.4 Å². The molecule has 0 saturated heterocycles. The lowest BCUT2D eigenvalue weighted by atomic mass is 9.89. The molecule has 1 N–H and O–H groups in total. The Kier molecular flexibility index (Phi) is 7.17. The zero-order chi connectivity index (χ0) is 28.3. The van der Waals surface area contributed by atoms with Crippen LogP contribution in [0.1, 0.15) is 5.56 Å². The van der Waals surface area contributed by atoms with Gasteiger partial charge < -0.3 is 5.32 Å². The van der Waals surface area contributed by atoms with Gasteiger partial charge in [0.2, 0.25) is 0 Å². The predicted molar refractivity (Wildman–Crippen MR) is 78.3 cm³/mol. The summed E-state index contributed by atoms with van der Waals surface area (Å²) in [6, 6.07) is 1.70. The van der Waals surface area contributed by atoms with Crippen molar-refractivity contribution in [3.05, 3.63) is 23.9 Å². The summed E-state index contributed by atoms with van der Waals surface area (Å²) in [5.41, 5.74) is 0.0368. The Morgan fingerprint density at radius 3 is 1.40 bits per heavy atom. The minimum absolute atomic E-state index is 0.0368. The van der Waals surface area contributed by atoms with E-state index in [1.807, 2.05) is 0 Å². The molecular formula is C15H7F17N2O. The first kappa shape index (κ1) is 30.5. The maximum atomic E-state index is 13.8. The summed E-state index contributed by atoms with van der Waals surface area (Å²) in [7, 11) is 0. The van der Waals surface area contributed by atoms with Gasteiger partial charge in [-0.05, 0) is 24.6 Å². The molecule has 0 aliphatic rings. The van der Waals surface area contributed by atoms with Gasteiger partial charge >= 0.3 is 53.5 Å². The first-order valence-corrected chi connectivity index (χ1v) is 8.10. The Balaban J connectivity index is 3.58. The fraction of sp³-hybridized carbons (Fsp3) is 0.600. The lowest BCUT2D eigenvalue weighted by Gasteiger charge is -2.42. The Hall–Kier alpha value is -2.57. The molecule has 0 aliphatic heterocycles. The lowest BCUT2D eigenvalue weighted by Crippen LogP contribution is -2.75. The van der Waals surface area contributed by atoms with Crippen LogP contribution in [-0.2, 0) is 4.79 Å². The van der Waals surface area contributed by atoms with E-state index in [9.17, 15) is 79.4 Å². The molecule has 3 nitrogen and oxygen atoms in total. The van der Waals surface area contributed by atoms with Crippen LogP contribution in [0.3, 0.4) is 0 Å². The third kappa shape index (κ3) is 4.21. The monoisotopic (exact) mass is 554 g/mol. The number of pyridine rings is 1. The molecular weight excluding hydrogens is 547 g/mol. The van der Waals surface area contributed by atoms with Gasteiger partial charge in [0.05, 0.1) is 0 Å². The van der Waals surface area contributed by atoms with Crippen molar-refractivity contribution in [3.63, 3.8) is 0 Å². The number of anilines is 1. The van der Waals surface area contributed by atoms with Crippen molar-refractivity contribution in [2.75, 3.05) is 5.32 Å². The summed E-state index contributed by atoms with van der Waals surface area (Å²) >= 11 is 0. The molecule has 20 heteroatoms. The molecule has 35 heavy (non-hydrogen) atoms. The highest BCUT2D eigenvalue weighted by Gasteiger charge is 2.95. The summed E-state index contributed by atoms with van der Waals surface area (Å²) < 4.78 is 224. The summed E-state index contributed by atoms with van der Waals surface area (Å²) in [6.07, 6.45) is -7.13. The SMILES string of the molecule is Cc1ccnc(NC(=O)C(F)(F)C(F)(F)C(F)(F)C(F)(F)C(F)(F)C(F)(F)C(F)(F)C(F)(F)F)c1. The molecule has 0 unspecified atom stereocenters. The van der Waals surface area contributed by atoms with Gasteiger partial charge in [-0.3, -0.25) is 4.79 Å². The van der Waals surface area contributed by atoms with Gasteiger partial charge in [-0.15, -0.1) is 0 Å². The molecule has 1 aromatic heterocycles. The topological polar surface area (TPSA) is 42.0 Å². The Labute approximate surface area is 181 Å². The Bertz CT molecular complexity index is 953. The maximum Gasteiger partial charge on any atom is 0.460 e. The second kappa shape index (κ2) is 8.24. The number of amides is 1. The first-order valence-electron chi connectivity index (χ1n) is 8.10. The number of aryl methyl sites for hydroxylation is 1. The minimum Gasteiger partial charge on any atom is -0.305 e. The largest absolute Gasteiger partial charge is 0.460 e. The molecule has 1 heterocycles. The number of hydrogen-bond acceptors (Lipinski definition) is 2. The fourth-order valence-electron chi connectivity index (χ4n) is 2.11. The number of halogens is 17. The average Bonchev–Trinajstić information content (AvgIpc) is 2.66.